The molecule has 1 N–H and O–H groups in total. The molecule has 0 aliphatic heterocycles. The van der Waals surface area contributed by atoms with E-state index in [-0.39, 0.29) is 0 Å². The second kappa shape index (κ2) is 6.25. The first-order chi connectivity index (χ1) is 8.28. The number of aromatic nitrogens is 1. The summed E-state index contributed by atoms with van der Waals surface area (Å²) in [6.45, 7) is 6.78. The lowest BCUT2D eigenvalue weighted by molar-refractivity contribution is 0.300. The SMILES string of the molecule is CCCn1ccc(CNC2CCCC(C)C2)c1. The molecule has 1 heterocycles. The summed E-state index contributed by atoms with van der Waals surface area (Å²) in [5.41, 5.74) is 1.43. The highest BCUT2D eigenvalue weighted by molar-refractivity contribution is 5.10. The van der Waals surface area contributed by atoms with E-state index in [4.69, 9.17) is 0 Å². The van der Waals surface area contributed by atoms with Crippen LogP contribution >= 0.6 is 0 Å². The van der Waals surface area contributed by atoms with Crippen LogP contribution in [0.15, 0.2) is 18.5 Å². The van der Waals surface area contributed by atoms with E-state index in [2.05, 4.69) is 42.2 Å². The van der Waals surface area contributed by atoms with E-state index < -0.39 is 0 Å². The van der Waals surface area contributed by atoms with E-state index >= 15 is 0 Å². The Morgan fingerprint density at radius 1 is 1.41 bits per heavy atom. The fraction of sp³-hybridized carbons (Fsp3) is 0.733. The molecule has 96 valence electrons. The van der Waals surface area contributed by atoms with Gasteiger partial charge in [-0.1, -0.05) is 26.7 Å². The van der Waals surface area contributed by atoms with E-state index in [9.17, 15) is 0 Å². The Bertz CT molecular complexity index is 329. The summed E-state index contributed by atoms with van der Waals surface area (Å²) >= 11 is 0. The lowest BCUT2D eigenvalue weighted by atomic mass is 9.87. The molecule has 0 bridgehead atoms. The van der Waals surface area contributed by atoms with Crippen LogP contribution in [0.5, 0.6) is 0 Å². The number of hydrogen-bond acceptors (Lipinski definition) is 1. The predicted molar refractivity (Wildman–Crippen MR) is 73.0 cm³/mol. The predicted octanol–water partition coefficient (Wildman–Crippen LogP) is 3.57. The monoisotopic (exact) mass is 234 g/mol. The molecule has 2 atom stereocenters. The molecule has 0 amide bonds. The van der Waals surface area contributed by atoms with Crippen LogP contribution < -0.4 is 5.32 Å². The van der Waals surface area contributed by atoms with Crippen molar-refractivity contribution in [3.8, 4) is 0 Å². The molecule has 2 unspecified atom stereocenters. The van der Waals surface area contributed by atoms with Crippen LogP contribution in [0, 0.1) is 5.92 Å². The van der Waals surface area contributed by atoms with Gasteiger partial charge in [0, 0.05) is 31.5 Å². The quantitative estimate of drug-likeness (QED) is 0.824. The van der Waals surface area contributed by atoms with Crippen molar-refractivity contribution in [2.75, 3.05) is 0 Å². The van der Waals surface area contributed by atoms with Crippen LogP contribution in [0.2, 0.25) is 0 Å². The molecule has 1 aliphatic carbocycles. The summed E-state index contributed by atoms with van der Waals surface area (Å²) in [6, 6.07) is 2.99. The van der Waals surface area contributed by atoms with Crippen molar-refractivity contribution in [3.63, 3.8) is 0 Å². The molecule has 0 spiro atoms. The van der Waals surface area contributed by atoms with E-state index in [0.29, 0.717) is 0 Å². The van der Waals surface area contributed by atoms with Gasteiger partial charge >= 0.3 is 0 Å². The third-order valence-corrected chi connectivity index (χ3v) is 3.82. The van der Waals surface area contributed by atoms with Gasteiger partial charge in [0.25, 0.3) is 0 Å². The Morgan fingerprint density at radius 2 is 2.29 bits per heavy atom. The Labute approximate surface area is 105 Å². The highest BCUT2D eigenvalue weighted by Gasteiger charge is 2.17. The molecule has 2 heteroatoms. The first kappa shape index (κ1) is 12.7. The van der Waals surface area contributed by atoms with Crippen LogP contribution in [0.1, 0.15) is 51.5 Å². The highest BCUT2D eigenvalue weighted by Crippen LogP contribution is 2.23. The van der Waals surface area contributed by atoms with Crippen LogP contribution in [-0.4, -0.2) is 10.6 Å². The minimum absolute atomic E-state index is 0.744. The maximum Gasteiger partial charge on any atom is 0.0223 e. The number of nitrogens with one attached hydrogen (secondary N) is 1. The maximum absolute atomic E-state index is 3.71. The van der Waals surface area contributed by atoms with Gasteiger partial charge in [0.15, 0.2) is 0 Å². The fourth-order valence-corrected chi connectivity index (χ4v) is 2.87. The van der Waals surface area contributed by atoms with Gasteiger partial charge in [-0.05, 0) is 36.8 Å². The molecule has 17 heavy (non-hydrogen) atoms. The van der Waals surface area contributed by atoms with Gasteiger partial charge in [-0.15, -0.1) is 0 Å². The van der Waals surface area contributed by atoms with Gasteiger partial charge in [-0.2, -0.15) is 0 Å². The van der Waals surface area contributed by atoms with Crippen molar-refractivity contribution in [1.29, 1.82) is 0 Å². The van der Waals surface area contributed by atoms with E-state index in [1.165, 1.54) is 37.7 Å². The molecule has 2 nitrogen and oxygen atoms in total. The number of nitrogens with zero attached hydrogens (tertiary/aromatic N) is 1. The average Bonchev–Trinajstić information content (AvgIpc) is 2.75. The molecule has 0 radical (unpaired) electrons. The van der Waals surface area contributed by atoms with Crippen LogP contribution in [-0.2, 0) is 13.1 Å². The van der Waals surface area contributed by atoms with E-state index in [1.807, 2.05) is 0 Å². The zero-order valence-electron chi connectivity index (χ0n) is 11.3. The molecule has 1 fully saturated rings. The molecule has 1 aromatic heterocycles. The minimum atomic E-state index is 0.744. The van der Waals surface area contributed by atoms with Crippen molar-refractivity contribution < 1.29 is 0 Å². The molecule has 0 saturated heterocycles. The summed E-state index contributed by atoms with van der Waals surface area (Å²) in [4.78, 5) is 0. The van der Waals surface area contributed by atoms with Gasteiger partial charge in [-0.3, -0.25) is 0 Å². The molecular formula is C15H26N2. The number of hydrogen-bond donors (Lipinski definition) is 1. The molecule has 0 aromatic carbocycles. The Balaban J connectivity index is 1.76. The fourth-order valence-electron chi connectivity index (χ4n) is 2.87. The van der Waals surface area contributed by atoms with Crippen molar-refractivity contribution in [2.45, 2.75) is 65.1 Å². The van der Waals surface area contributed by atoms with Gasteiger partial charge in [-0.25, -0.2) is 0 Å². The first-order valence-electron chi connectivity index (χ1n) is 7.16. The third-order valence-electron chi connectivity index (χ3n) is 3.82. The van der Waals surface area contributed by atoms with Gasteiger partial charge in [0.2, 0.25) is 0 Å². The molecule has 1 aromatic rings. The summed E-state index contributed by atoms with van der Waals surface area (Å²) in [5, 5.41) is 3.71. The summed E-state index contributed by atoms with van der Waals surface area (Å²) in [7, 11) is 0. The topological polar surface area (TPSA) is 17.0 Å². The largest absolute Gasteiger partial charge is 0.354 e. The zero-order chi connectivity index (χ0) is 12.1. The zero-order valence-corrected chi connectivity index (χ0v) is 11.3. The number of aryl methyl sites for hydroxylation is 1. The van der Waals surface area contributed by atoms with Crippen LogP contribution in [0.3, 0.4) is 0 Å². The van der Waals surface area contributed by atoms with Crippen molar-refractivity contribution in [3.05, 3.63) is 24.0 Å². The van der Waals surface area contributed by atoms with Crippen molar-refractivity contribution in [1.82, 2.24) is 9.88 Å². The van der Waals surface area contributed by atoms with Crippen LogP contribution in [0.25, 0.3) is 0 Å². The van der Waals surface area contributed by atoms with Gasteiger partial charge < -0.3 is 9.88 Å². The van der Waals surface area contributed by atoms with Gasteiger partial charge in [0.05, 0.1) is 0 Å². The van der Waals surface area contributed by atoms with Gasteiger partial charge in [0.1, 0.15) is 0 Å². The molecule has 1 aliphatic rings. The smallest absolute Gasteiger partial charge is 0.0223 e. The molecule has 1 saturated carbocycles. The van der Waals surface area contributed by atoms with E-state index in [1.54, 1.807) is 0 Å². The normalized spacial score (nSPS) is 25.1. The first-order valence-corrected chi connectivity index (χ1v) is 7.16. The second-order valence-electron chi connectivity index (χ2n) is 5.61. The standard InChI is InChI=1S/C15H26N2/c1-3-8-17-9-7-14(12-17)11-16-15-6-4-5-13(2)10-15/h7,9,12-13,15-16H,3-6,8,10-11H2,1-2H3. The Hall–Kier alpha value is -0.760. The second-order valence-corrected chi connectivity index (χ2v) is 5.61. The summed E-state index contributed by atoms with van der Waals surface area (Å²) < 4.78 is 2.29. The third kappa shape index (κ3) is 3.88. The van der Waals surface area contributed by atoms with E-state index in [0.717, 1.165) is 25.0 Å². The maximum atomic E-state index is 3.71. The lowest BCUT2D eigenvalue weighted by Gasteiger charge is -2.27. The molecular weight excluding hydrogens is 208 g/mol. The highest BCUT2D eigenvalue weighted by atomic mass is 15.0. The molecule has 2 rings (SSSR count). The number of rotatable bonds is 5. The van der Waals surface area contributed by atoms with Crippen LogP contribution in [0.4, 0.5) is 0 Å². The summed E-state index contributed by atoms with van der Waals surface area (Å²) in [5.74, 6) is 0.908. The van der Waals surface area contributed by atoms with Crippen molar-refractivity contribution in [2.24, 2.45) is 5.92 Å². The Morgan fingerprint density at radius 3 is 3.06 bits per heavy atom. The van der Waals surface area contributed by atoms with Crippen molar-refractivity contribution >= 4 is 0 Å². The Kier molecular flexibility index (Phi) is 4.66. The lowest BCUT2D eigenvalue weighted by Crippen LogP contribution is -2.32. The summed E-state index contributed by atoms with van der Waals surface area (Å²) in [6.07, 6.45) is 11.2. The minimum Gasteiger partial charge on any atom is -0.354 e. The average molecular weight is 234 g/mol.